The quantitative estimate of drug-likeness (QED) is 0.857. The van der Waals surface area contributed by atoms with Gasteiger partial charge in [-0.25, -0.2) is 4.98 Å². The second-order valence-corrected chi connectivity index (χ2v) is 4.71. The lowest BCUT2D eigenvalue weighted by molar-refractivity contribution is 0.450. The highest BCUT2D eigenvalue weighted by Gasteiger charge is 1.97. The first-order valence-corrected chi connectivity index (χ1v) is 6.76. The number of rotatable bonds is 3. The fraction of sp³-hybridized carbons (Fsp3) is 0.143. The van der Waals surface area contributed by atoms with Gasteiger partial charge in [0, 0.05) is 16.7 Å². The zero-order chi connectivity index (χ0) is 13.0. The fourth-order valence-electron chi connectivity index (χ4n) is 1.53. The molecule has 0 aliphatic heterocycles. The largest absolute Gasteiger partial charge is 0.493 e. The molecule has 0 amide bonds. The van der Waals surface area contributed by atoms with E-state index >= 15 is 0 Å². The molecular weight excluding hydrogens is 244 g/mol. The van der Waals surface area contributed by atoms with Gasteiger partial charge in [-0.05, 0) is 37.0 Å². The predicted octanol–water partition coefficient (Wildman–Crippen LogP) is 3.38. The smallest absolute Gasteiger partial charge is 0.214 e. The summed E-state index contributed by atoms with van der Waals surface area (Å²) in [4.78, 5) is 9.39. The minimum atomic E-state index is -0.000110. The molecular formula is C14H14N2OS. The Morgan fingerprint density at radius 2 is 1.83 bits per heavy atom. The SMILES string of the molecule is CSc1ccc(/C=C/c2nc(C)cc(O)n2)cc1. The van der Waals surface area contributed by atoms with Crippen molar-refractivity contribution in [1.29, 1.82) is 0 Å². The van der Waals surface area contributed by atoms with Gasteiger partial charge in [0.15, 0.2) is 5.82 Å². The minimum Gasteiger partial charge on any atom is -0.493 e. The molecule has 2 aromatic rings. The van der Waals surface area contributed by atoms with E-state index in [2.05, 4.69) is 22.1 Å². The lowest BCUT2D eigenvalue weighted by Gasteiger charge is -1.98. The molecule has 1 aromatic heterocycles. The summed E-state index contributed by atoms with van der Waals surface area (Å²) >= 11 is 1.71. The summed E-state index contributed by atoms with van der Waals surface area (Å²) in [5.74, 6) is 0.515. The monoisotopic (exact) mass is 258 g/mol. The van der Waals surface area contributed by atoms with Gasteiger partial charge in [-0.2, -0.15) is 4.98 Å². The maximum atomic E-state index is 9.37. The Morgan fingerprint density at radius 3 is 2.44 bits per heavy atom. The van der Waals surface area contributed by atoms with E-state index in [1.54, 1.807) is 17.8 Å². The molecule has 0 spiro atoms. The number of aromatic nitrogens is 2. The van der Waals surface area contributed by atoms with Crippen LogP contribution in [0, 0.1) is 6.92 Å². The first kappa shape index (κ1) is 12.6. The van der Waals surface area contributed by atoms with Gasteiger partial charge in [0.2, 0.25) is 5.88 Å². The van der Waals surface area contributed by atoms with Crippen LogP contribution in [0.4, 0.5) is 0 Å². The molecule has 0 radical (unpaired) electrons. The Kier molecular flexibility index (Phi) is 3.99. The summed E-state index contributed by atoms with van der Waals surface area (Å²) in [5, 5.41) is 9.37. The summed E-state index contributed by atoms with van der Waals surface area (Å²) in [5.41, 5.74) is 1.83. The van der Waals surface area contributed by atoms with Gasteiger partial charge in [-0.15, -0.1) is 11.8 Å². The predicted molar refractivity (Wildman–Crippen MR) is 75.6 cm³/mol. The van der Waals surface area contributed by atoms with Crippen LogP contribution in [-0.2, 0) is 0 Å². The van der Waals surface area contributed by atoms with E-state index in [0.717, 1.165) is 11.3 Å². The van der Waals surface area contributed by atoms with Crippen molar-refractivity contribution in [1.82, 2.24) is 9.97 Å². The Bertz CT molecular complexity index is 544. The molecule has 1 N–H and O–H groups in total. The van der Waals surface area contributed by atoms with Crippen LogP contribution in [0.15, 0.2) is 35.2 Å². The van der Waals surface area contributed by atoms with Gasteiger partial charge >= 0.3 is 0 Å². The zero-order valence-electron chi connectivity index (χ0n) is 10.3. The second kappa shape index (κ2) is 5.69. The Morgan fingerprint density at radius 1 is 1.11 bits per heavy atom. The maximum absolute atomic E-state index is 9.37. The number of aryl methyl sites for hydroxylation is 1. The third-order valence-corrected chi connectivity index (χ3v) is 3.14. The first-order valence-electron chi connectivity index (χ1n) is 5.54. The molecule has 1 heterocycles. The Hall–Kier alpha value is -1.81. The normalized spacial score (nSPS) is 11.0. The van der Waals surface area contributed by atoms with Crippen LogP contribution in [0.3, 0.4) is 0 Å². The van der Waals surface area contributed by atoms with Gasteiger partial charge < -0.3 is 5.11 Å². The molecule has 0 aliphatic rings. The van der Waals surface area contributed by atoms with Crippen molar-refractivity contribution in [3.8, 4) is 5.88 Å². The zero-order valence-corrected chi connectivity index (χ0v) is 11.1. The Labute approximate surface area is 111 Å². The van der Waals surface area contributed by atoms with E-state index in [1.165, 1.54) is 11.0 Å². The number of hydrogen-bond donors (Lipinski definition) is 1. The van der Waals surface area contributed by atoms with E-state index in [0.29, 0.717) is 5.82 Å². The van der Waals surface area contributed by atoms with E-state index in [4.69, 9.17) is 0 Å². The molecule has 0 atom stereocenters. The van der Waals surface area contributed by atoms with Crippen LogP contribution in [0.1, 0.15) is 17.1 Å². The van der Waals surface area contributed by atoms with Gasteiger partial charge in [-0.3, -0.25) is 0 Å². The van der Waals surface area contributed by atoms with E-state index in [9.17, 15) is 5.11 Å². The third-order valence-electron chi connectivity index (χ3n) is 2.40. The molecule has 3 nitrogen and oxygen atoms in total. The molecule has 1 aromatic carbocycles. The van der Waals surface area contributed by atoms with Crippen molar-refractivity contribution in [2.24, 2.45) is 0 Å². The molecule has 4 heteroatoms. The summed E-state index contributed by atoms with van der Waals surface area (Å²) in [6, 6.07) is 9.75. The van der Waals surface area contributed by atoms with Crippen molar-refractivity contribution < 1.29 is 5.11 Å². The van der Waals surface area contributed by atoms with Crippen LogP contribution >= 0.6 is 11.8 Å². The standard InChI is InChI=1S/C14H14N2OS/c1-10-9-14(17)16-13(15-10)8-5-11-3-6-12(18-2)7-4-11/h3-9H,1-2H3,(H,15,16,17)/b8-5+. The molecule has 0 unspecified atom stereocenters. The van der Waals surface area contributed by atoms with Crippen LogP contribution in [0.5, 0.6) is 5.88 Å². The Balaban J connectivity index is 2.18. The highest BCUT2D eigenvalue weighted by atomic mass is 32.2. The average molecular weight is 258 g/mol. The topological polar surface area (TPSA) is 46.0 Å². The van der Waals surface area contributed by atoms with E-state index < -0.39 is 0 Å². The number of benzene rings is 1. The van der Waals surface area contributed by atoms with Crippen molar-refractivity contribution in [3.63, 3.8) is 0 Å². The molecule has 0 aliphatic carbocycles. The fourth-order valence-corrected chi connectivity index (χ4v) is 1.94. The van der Waals surface area contributed by atoms with Crippen molar-refractivity contribution in [2.45, 2.75) is 11.8 Å². The molecule has 0 saturated heterocycles. The third kappa shape index (κ3) is 3.34. The number of thioether (sulfide) groups is 1. The number of nitrogens with zero attached hydrogens (tertiary/aromatic N) is 2. The first-order chi connectivity index (χ1) is 8.67. The summed E-state index contributed by atoms with van der Waals surface area (Å²) < 4.78 is 0. The molecule has 18 heavy (non-hydrogen) atoms. The van der Waals surface area contributed by atoms with E-state index in [1.807, 2.05) is 31.4 Å². The highest BCUT2D eigenvalue weighted by molar-refractivity contribution is 7.98. The number of hydrogen-bond acceptors (Lipinski definition) is 4. The van der Waals surface area contributed by atoms with Crippen LogP contribution in [0.25, 0.3) is 12.2 Å². The lowest BCUT2D eigenvalue weighted by Crippen LogP contribution is -1.89. The molecule has 2 rings (SSSR count). The van der Waals surface area contributed by atoms with Gasteiger partial charge in [0.25, 0.3) is 0 Å². The van der Waals surface area contributed by atoms with Crippen molar-refractivity contribution >= 4 is 23.9 Å². The van der Waals surface area contributed by atoms with Crippen molar-refractivity contribution in [3.05, 3.63) is 47.4 Å². The van der Waals surface area contributed by atoms with Crippen LogP contribution < -0.4 is 0 Å². The van der Waals surface area contributed by atoms with Crippen LogP contribution in [-0.4, -0.2) is 21.3 Å². The lowest BCUT2D eigenvalue weighted by atomic mass is 10.2. The van der Waals surface area contributed by atoms with Gasteiger partial charge in [0.05, 0.1) is 0 Å². The molecule has 0 saturated carbocycles. The van der Waals surface area contributed by atoms with Crippen molar-refractivity contribution in [2.75, 3.05) is 6.26 Å². The number of aromatic hydroxyl groups is 1. The second-order valence-electron chi connectivity index (χ2n) is 3.83. The summed E-state index contributed by atoms with van der Waals surface area (Å²) in [6.45, 7) is 1.83. The van der Waals surface area contributed by atoms with Gasteiger partial charge in [0.1, 0.15) is 0 Å². The maximum Gasteiger partial charge on any atom is 0.214 e. The summed E-state index contributed by atoms with van der Waals surface area (Å²) in [6.07, 6.45) is 5.77. The molecule has 92 valence electrons. The minimum absolute atomic E-state index is 0.000110. The van der Waals surface area contributed by atoms with E-state index in [-0.39, 0.29) is 5.88 Å². The molecule has 0 fully saturated rings. The highest BCUT2D eigenvalue weighted by Crippen LogP contribution is 2.16. The average Bonchev–Trinajstić information content (AvgIpc) is 2.36. The molecule has 0 bridgehead atoms. The van der Waals surface area contributed by atoms with Crippen LogP contribution in [0.2, 0.25) is 0 Å². The van der Waals surface area contributed by atoms with Gasteiger partial charge in [-0.1, -0.05) is 18.2 Å². The summed E-state index contributed by atoms with van der Waals surface area (Å²) in [7, 11) is 0.